The Kier molecular flexibility index (Phi) is 6.18. The Morgan fingerprint density at radius 3 is 2.82 bits per heavy atom. The van der Waals surface area contributed by atoms with Crippen LogP contribution in [0.4, 0.5) is 0 Å². The zero-order chi connectivity index (χ0) is 8.69. The second kappa shape index (κ2) is 6.38. The Bertz CT molecular complexity index is 170. The molecule has 1 nitrogen and oxygen atoms in total. The highest BCUT2D eigenvalue weighted by molar-refractivity contribution is 9.09. The van der Waals surface area contributed by atoms with Crippen molar-refractivity contribution in [3.8, 4) is 0 Å². The van der Waals surface area contributed by atoms with E-state index in [1.54, 1.807) is 6.08 Å². The number of halogens is 1. The summed E-state index contributed by atoms with van der Waals surface area (Å²) >= 11 is 3.40. The van der Waals surface area contributed by atoms with Crippen molar-refractivity contribution in [1.82, 2.24) is 0 Å². The average molecular weight is 217 g/mol. The number of aliphatic hydroxyl groups is 1. The van der Waals surface area contributed by atoms with E-state index in [0.717, 1.165) is 5.57 Å². The Balaban J connectivity index is 3.94. The van der Waals surface area contributed by atoms with Crippen LogP contribution in [0.2, 0.25) is 0 Å². The number of aliphatic hydroxyl groups excluding tert-OH is 1. The molecule has 0 amide bonds. The summed E-state index contributed by atoms with van der Waals surface area (Å²) in [6, 6.07) is 0. The van der Waals surface area contributed by atoms with Crippen molar-refractivity contribution in [3.05, 3.63) is 36.5 Å². The van der Waals surface area contributed by atoms with Crippen molar-refractivity contribution >= 4 is 15.9 Å². The second-order valence-electron chi connectivity index (χ2n) is 2.24. The fraction of sp³-hybridized carbons (Fsp3) is 0.333. The van der Waals surface area contributed by atoms with Crippen LogP contribution in [0.15, 0.2) is 36.5 Å². The molecule has 1 atom stereocenters. The Labute approximate surface area is 76.3 Å². The van der Waals surface area contributed by atoms with Crippen molar-refractivity contribution in [2.24, 2.45) is 0 Å². The smallest absolute Gasteiger partial charge is 0.0639 e. The summed E-state index contributed by atoms with van der Waals surface area (Å²) in [6.45, 7) is 5.55. The minimum Gasteiger partial charge on any atom is -0.392 e. The first kappa shape index (κ1) is 10.7. The van der Waals surface area contributed by atoms with Gasteiger partial charge in [-0.2, -0.15) is 0 Å². The fourth-order valence-electron chi connectivity index (χ4n) is 0.565. The van der Waals surface area contributed by atoms with E-state index in [4.69, 9.17) is 5.11 Å². The van der Waals surface area contributed by atoms with Crippen LogP contribution in [0.3, 0.4) is 0 Å². The van der Waals surface area contributed by atoms with Crippen molar-refractivity contribution in [2.45, 2.75) is 11.8 Å². The van der Waals surface area contributed by atoms with Gasteiger partial charge >= 0.3 is 0 Å². The van der Waals surface area contributed by atoms with Crippen molar-refractivity contribution in [2.75, 3.05) is 6.61 Å². The molecule has 0 heterocycles. The molecule has 0 rings (SSSR count). The Morgan fingerprint density at radius 2 is 2.36 bits per heavy atom. The van der Waals surface area contributed by atoms with E-state index in [1.165, 1.54) is 0 Å². The normalized spacial score (nSPS) is 15.4. The summed E-state index contributed by atoms with van der Waals surface area (Å²) in [6.07, 6.45) is 7.48. The Morgan fingerprint density at radius 1 is 1.73 bits per heavy atom. The lowest BCUT2D eigenvalue weighted by molar-refractivity contribution is 0.331. The number of alkyl halides is 1. The third kappa shape index (κ3) is 6.07. The number of allylic oxidation sites excluding steroid dienone is 4. The van der Waals surface area contributed by atoms with Crippen LogP contribution in [-0.2, 0) is 0 Å². The van der Waals surface area contributed by atoms with Gasteiger partial charge in [0.1, 0.15) is 0 Å². The second-order valence-corrected chi connectivity index (χ2v) is 3.29. The molecule has 0 saturated carbocycles. The number of hydrogen-bond donors (Lipinski definition) is 1. The van der Waals surface area contributed by atoms with Gasteiger partial charge < -0.3 is 5.11 Å². The van der Waals surface area contributed by atoms with Gasteiger partial charge in [0, 0.05) is 0 Å². The molecule has 0 aromatic carbocycles. The SMILES string of the molecule is C=CC=CC(Br)/C=C(\C)CO. The summed E-state index contributed by atoms with van der Waals surface area (Å²) in [4.78, 5) is 0.188. The maximum absolute atomic E-state index is 8.68. The molecule has 0 fully saturated rings. The molecule has 2 heteroatoms. The van der Waals surface area contributed by atoms with Crippen LogP contribution in [-0.4, -0.2) is 16.5 Å². The minimum atomic E-state index is 0.115. The highest BCUT2D eigenvalue weighted by Crippen LogP contribution is 2.06. The maximum Gasteiger partial charge on any atom is 0.0639 e. The Hall–Kier alpha value is -0.340. The first-order chi connectivity index (χ1) is 5.20. The topological polar surface area (TPSA) is 20.2 Å². The lowest BCUT2D eigenvalue weighted by Gasteiger charge is -1.97. The molecular formula is C9H13BrO. The van der Waals surface area contributed by atoms with Crippen LogP contribution >= 0.6 is 15.9 Å². The van der Waals surface area contributed by atoms with Gasteiger partial charge in [-0.1, -0.05) is 52.4 Å². The van der Waals surface area contributed by atoms with Crippen LogP contribution < -0.4 is 0 Å². The molecule has 1 N–H and O–H groups in total. The molecular weight excluding hydrogens is 204 g/mol. The third-order valence-corrected chi connectivity index (χ3v) is 1.69. The largest absolute Gasteiger partial charge is 0.392 e. The molecule has 0 aromatic heterocycles. The molecule has 62 valence electrons. The monoisotopic (exact) mass is 216 g/mol. The van der Waals surface area contributed by atoms with Crippen LogP contribution in [0.1, 0.15) is 6.92 Å². The number of rotatable bonds is 4. The molecule has 0 aliphatic heterocycles. The van der Waals surface area contributed by atoms with Gasteiger partial charge in [0.15, 0.2) is 0 Å². The lowest BCUT2D eigenvalue weighted by Crippen LogP contribution is -1.91. The zero-order valence-electron chi connectivity index (χ0n) is 6.63. The summed E-state index contributed by atoms with van der Waals surface area (Å²) < 4.78 is 0. The van der Waals surface area contributed by atoms with E-state index < -0.39 is 0 Å². The molecule has 0 aliphatic rings. The molecule has 0 spiro atoms. The number of hydrogen-bond acceptors (Lipinski definition) is 1. The van der Waals surface area contributed by atoms with Gasteiger partial charge in [-0.3, -0.25) is 0 Å². The van der Waals surface area contributed by atoms with Gasteiger partial charge in [-0.15, -0.1) is 0 Å². The maximum atomic E-state index is 8.68. The summed E-state index contributed by atoms with van der Waals surface area (Å²) in [5.41, 5.74) is 0.959. The van der Waals surface area contributed by atoms with E-state index in [9.17, 15) is 0 Å². The van der Waals surface area contributed by atoms with Crippen molar-refractivity contribution < 1.29 is 5.11 Å². The summed E-state index contributed by atoms with van der Waals surface area (Å²) in [5.74, 6) is 0. The van der Waals surface area contributed by atoms with E-state index in [0.29, 0.717) is 0 Å². The minimum absolute atomic E-state index is 0.115. The van der Waals surface area contributed by atoms with Crippen LogP contribution in [0, 0.1) is 0 Å². The fourth-order valence-corrected chi connectivity index (χ4v) is 1.19. The average Bonchev–Trinajstić information content (AvgIpc) is 2.00. The highest BCUT2D eigenvalue weighted by atomic mass is 79.9. The predicted octanol–water partition coefficient (Wildman–Crippen LogP) is 2.43. The van der Waals surface area contributed by atoms with Gasteiger partial charge in [-0.25, -0.2) is 0 Å². The van der Waals surface area contributed by atoms with E-state index in [-0.39, 0.29) is 11.4 Å². The van der Waals surface area contributed by atoms with Crippen LogP contribution in [0.25, 0.3) is 0 Å². The lowest BCUT2D eigenvalue weighted by atomic mass is 10.2. The quantitative estimate of drug-likeness (QED) is 0.435. The van der Waals surface area contributed by atoms with E-state index in [2.05, 4.69) is 22.5 Å². The van der Waals surface area contributed by atoms with E-state index in [1.807, 2.05) is 25.2 Å². The molecule has 0 saturated heterocycles. The summed E-state index contributed by atoms with van der Waals surface area (Å²) in [5, 5.41) is 8.68. The van der Waals surface area contributed by atoms with Gasteiger partial charge in [-0.05, 0) is 6.92 Å². The first-order valence-electron chi connectivity index (χ1n) is 3.42. The molecule has 0 aromatic rings. The molecule has 0 aliphatic carbocycles. The van der Waals surface area contributed by atoms with E-state index >= 15 is 0 Å². The first-order valence-corrected chi connectivity index (χ1v) is 4.33. The van der Waals surface area contributed by atoms with Gasteiger partial charge in [0.25, 0.3) is 0 Å². The van der Waals surface area contributed by atoms with Crippen molar-refractivity contribution in [3.63, 3.8) is 0 Å². The van der Waals surface area contributed by atoms with Crippen LogP contribution in [0.5, 0.6) is 0 Å². The van der Waals surface area contributed by atoms with Crippen molar-refractivity contribution in [1.29, 1.82) is 0 Å². The molecule has 11 heavy (non-hydrogen) atoms. The standard InChI is InChI=1S/C9H13BrO/c1-3-4-5-9(10)6-8(2)7-11/h3-6,9,11H,1,7H2,2H3/b5-4?,8-6+. The molecule has 0 radical (unpaired) electrons. The predicted molar refractivity (Wildman–Crippen MR) is 52.9 cm³/mol. The van der Waals surface area contributed by atoms with Gasteiger partial charge in [0.2, 0.25) is 0 Å². The highest BCUT2D eigenvalue weighted by Gasteiger charge is 1.92. The molecule has 0 bridgehead atoms. The van der Waals surface area contributed by atoms with Gasteiger partial charge in [0.05, 0.1) is 11.4 Å². The zero-order valence-corrected chi connectivity index (χ0v) is 8.21. The third-order valence-electron chi connectivity index (χ3n) is 1.12. The summed E-state index contributed by atoms with van der Waals surface area (Å²) in [7, 11) is 0. The molecule has 1 unspecified atom stereocenters.